The van der Waals surface area contributed by atoms with Gasteiger partial charge in [0.05, 0.1) is 16.8 Å². The lowest BCUT2D eigenvalue weighted by atomic mass is 10.1. The fourth-order valence-electron chi connectivity index (χ4n) is 3.76. The Kier molecular flexibility index (Phi) is 6.53. The first kappa shape index (κ1) is 22.2. The zero-order valence-corrected chi connectivity index (χ0v) is 17.9. The Labute approximate surface area is 180 Å². The van der Waals surface area contributed by atoms with Crippen molar-refractivity contribution < 1.29 is 19.2 Å². The van der Waals surface area contributed by atoms with E-state index in [1.165, 1.54) is 0 Å². The molecule has 0 spiro atoms. The van der Waals surface area contributed by atoms with Crippen LogP contribution in [0.1, 0.15) is 51.9 Å². The minimum Gasteiger partial charge on any atom is -0.370 e. The third-order valence-electron chi connectivity index (χ3n) is 5.32. The van der Waals surface area contributed by atoms with Crippen LogP contribution in [-0.4, -0.2) is 50.9 Å². The van der Waals surface area contributed by atoms with Gasteiger partial charge in [0.2, 0.25) is 11.8 Å². The molecule has 0 saturated carbocycles. The number of benzene rings is 1. The lowest BCUT2D eigenvalue weighted by Crippen LogP contribution is -2.50. The second-order valence-corrected chi connectivity index (χ2v) is 8.01. The second-order valence-electron chi connectivity index (χ2n) is 8.01. The van der Waals surface area contributed by atoms with E-state index in [4.69, 9.17) is 5.73 Å². The van der Waals surface area contributed by atoms with Gasteiger partial charge in [0.1, 0.15) is 6.04 Å². The Hall–Kier alpha value is -3.49. The molecule has 1 aromatic carbocycles. The number of carbonyl (C=O) groups excluding carboxylic acids is 4. The number of nitrogens with two attached hydrogens (primary N) is 1. The van der Waals surface area contributed by atoms with Crippen LogP contribution in [0, 0.1) is 19.8 Å². The summed E-state index contributed by atoms with van der Waals surface area (Å²) in [5.74, 6) is -2.12. The molecule has 2 atom stereocenters. The highest BCUT2D eigenvalue weighted by atomic mass is 16.2. The highest BCUT2D eigenvalue weighted by Crippen LogP contribution is 2.26. The molecular weight excluding hydrogens is 398 g/mol. The van der Waals surface area contributed by atoms with Crippen molar-refractivity contribution >= 4 is 23.6 Å². The number of nitrogens with one attached hydrogen (secondary N) is 1. The van der Waals surface area contributed by atoms with Crippen LogP contribution in [0.2, 0.25) is 0 Å². The van der Waals surface area contributed by atoms with Gasteiger partial charge in [-0.1, -0.05) is 19.1 Å². The van der Waals surface area contributed by atoms with Gasteiger partial charge >= 0.3 is 0 Å². The lowest BCUT2D eigenvalue weighted by molar-refractivity contribution is -0.125. The van der Waals surface area contributed by atoms with Crippen LogP contribution in [0.5, 0.6) is 0 Å². The maximum atomic E-state index is 13.0. The van der Waals surface area contributed by atoms with Crippen molar-refractivity contribution in [1.29, 1.82) is 0 Å². The summed E-state index contributed by atoms with van der Waals surface area (Å²) in [6, 6.07) is 7.29. The van der Waals surface area contributed by atoms with Gasteiger partial charge < -0.3 is 11.1 Å². The first-order valence-electron chi connectivity index (χ1n) is 10.2. The average Bonchev–Trinajstić information content (AvgIpc) is 3.16. The van der Waals surface area contributed by atoms with E-state index in [0.29, 0.717) is 13.1 Å². The van der Waals surface area contributed by atoms with Crippen molar-refractivity contribution in [3.05, 3.63) is 52.8 Å². The van der Waals surface area contributed by atoms with Crippen molar-refractivity contribution in [3.63, 3.8) is 0 Å². The van der Waals surface area contributed by atoms with Crippen molar-refractivity contribution in [1.82, 2.24) is 20.0 Å². The first-order chi connectivity index (χ1) is 14.7. The van der Waals surface area contributed by atoms with E-state index in [-0.39, 0.29) is 29.9 Å². The summed E-state index contributed by atoms with van der Waals surface area (Å²) in [6.07, 6.45) is -0.148. The molecular formula is C22H27N5O4. The van der Waals surface area contributed by atoms with Crippen molar-refractivity contribution in [2.24, 2.45) is 11.7 Å². The fourth-order valence-corrected chi connectivity index (χ4v) is 3.76. The molecule has 2 unspecified atom stereocenters. The monoisotopic (exact) mass is 425 g/mol. The predicted octanol–water partition coefficient (Wildman–Crippen LogP) is 1.18. The molecule has 3 N–H and O–H groups in total. The Morgan fingerprint density at radius 3 is 2.26 bits per heavy atom. The zero-order valence-electron chi connectivity index (χ0n) is 17.9. The zero-order chi connectivity index (χ0) is 22.7. The van der Waals surface area contributed by atoms with Gasteiger partial charge in [-0.2, -0.15) is 5.10 Å². The summed E-state index contributed by atoms with van der Waals surface area (Å²) in [5.41, 5.74) is 7.70. The van der Waals surface area contributed by atoms with Crippen LogP contribution >= 0.6 is 0 Å². The molecule has 0 radical (unpaired) electrons. The van der Waals surface area contributed by atoms with Gasteiger partial charge in [0.15, 0.2) is 0 Å². The molecule has 2 aromatic rings. The number of hydrogen-bond acceptors (Lipinski definition) is 5. The van der Waals surface area contributed by atoms with E-state index in [0.717, 1.165) is 16.3 Å². The maximum absolute atomic E-state index is 13.0. The van der Waals surface area contributed by atoms with E-state index in [2.05, 4.69) is 10.4 Å². The van der Waals surface area contributed by atoms with E-state index in [1.807, 2.05) is 31.5 Å². The van der Waals surface area contributed by atoms with Gasteiger partial charge in [-0.15, -0.1) is 0 Å². The number of aromatic nitrogens is 2. The summed E-state index contributed by atoms with van der Waals surface area (Å²) >= 11 is 0. The molecule has 9 heteroatoms. The highest BCUT2D eigenvalue weighted by Gasteiger charge is 2.42. The Morgan fingerprint density at radius 1 is 1.13 bits per heavy atom. The molecule has 0 saturated heterocycles. The Balaban J connectivity index is 1.71. The van der Waals surface area contributed by atoms with Gasteiger partial charge in [0, 0.05) is 25.2 Å². The summed E-state index contributed by atoms with van der Waals surface area (Å²) in [6.45, 7) is 6.79. The number of nitrogens with zero attached hydrogens (tertiary/aromatic N) is 3. The quantitative estimate of drug-likeness (QED) is 0.583. The number of imide groups is 1. The SMILES string of the molecule is Cc1cc(C)n(CC(C)CNC(=O)C(CCC(N)=O)N2C(=O)c3ccccc3C2=O)n1. The van der Waals surface area contributed by atoms with Crippen molar-refractivity contribution in [3.8, 4) is 0 Å². The minimum absolute atomic E-state index is 0.0293. The largest absolute Gasteiger partial charge is 0.370 e. The van der Waals surface area contributed by atoms with E-state index in [1.54, 1.807) is 24.3 Å². The number of rotatable bonds is 9. The summed E-state index contributed by atoms with van der Waals surface area (Å²) < 4.78 is 1.88. The van der Waals surface area contributed by atoms with Gasteiger partial charge in [0.25, 0.3) is 11.8 Å². The van der Waals surface area contributed by atoms with Crippen LogP contribution in [0.4, 0.5) is 0 Å². The van der Waals surface area contributed by atoms with E-state index < -0.39 is 29.7 Å². The van der Waals surface area contributed by atoms with Crippen LogP contribution in [0.25, 0.3) is 0 Å². The lowest BCUT2D eigenvalue weighted by Gasteiger charge is -2.26. The van der Waals surface area contributed by atoms with Gasteiger partial charge in [-0.3, -0.25) is 28.8 Å². The third kappa shape index (κ3) is 4.82. The van der Waals surface area contributed by atoms with Crippen LogP contribution in [-0.2, 0) is 16.1 Å². The van der Waals surface area contributed by atoms with Crippen LogP contribution in [0.3, 0.4) is 0 Å². The van der Waals surface area contributed by atoms with Crippen LogP contribution < -0.4 is 11.1 Å². The summed E-state index contributed by atoms with van der Waals surface area (Å²) in [5, 5.41) is 7.24. The van der Waals surface area contributed by atoms with Gasteiger partial charge in [-0.25, -0.2) is 0 Å². The van der Waals surface area contributed by atoms with Crippen molar-refractivity contribution in [2.75, 3.05) is 6.54 Å². The standard InChI is InChI=1S/C22H27N5O4/c1-13(12-26-15(3)10-14(2)25-26)11-24-20(29)18(8-9-19(23)28)27-21(30)16-6-4-5-7-17(16)22(27)31/h4-7,10,13,18H,8-9,11-12H2,1-3H3,(H2,23,28)(H,24,29). The third-order valence-corrected chi connectivity index (χ3v) is 5.32. The molecule has 2 heterocycles. The number of aryl methyl sites for hydroxylation is 2. The Morgan fingerprint density at radius 2 is 1.74 bits per heavy atom. The number of hydrogen-bond donors (Lipinski definition) is 2. The molecule has 1 aliphatic heterocycles. The number of carbonyl (C=O) groups is 4. The van der Waals surface area contributed by atoms with Gasteiger partial charge in [-0.05, 0) is 44.4 Å². The second kappa shape index (κ2) is 9.11. The first-order valence-corrected chi connectivity index (χ1v) is 10.2. The molecule has 1 aromatic heterocycles. The summed E-state index contributed by atoms with van der Waals surface area (Å²) in [7, 11) is 0. The fraction of sp³-hybridized carbons (Fsp3) is 0.409. The molecule has 1 aliphatic rings. The molecule has 9 nitrogen and oxygen atoms in total. The van der Waals surface area contributed by atoms with E-state index in [9.17, 15) is 19.2 Å². The smallest absolute Gasteiger partial charge is 0.262 e. The molecule has 31 heavy (non-hydrogen) atoms. The molecule has 164 valence electrons. The van der Waals surface area contributed by atoms with Crippen LogP contribution in [0.15, 0.2) is 30.3 Å². The molecule has 0 bridgehead atoms. The number of amides is 4. The topological polar surface area (TPSA) is 127 Å². The predicted molar refractivity (Wildman–Crippen MR) is 113 cm³/mol. The normalized spacial score (nSPS) is 15.0. The minimum atomic E-state index is -1.11. The maximum Gasteiger partial charge on any atom is 0.262 e. The molecule has 4 amide bonds. The molecule has 0 aliphatic carbocycles. The molecule has 0 fully saturated rings. The highest BCUT2D eigenvalue weighted by molar-refractivity contribution is 6.22. The average molecular weight is 425 g/mol. The Bertz CT molecular complexity index is 994. The van der Waals surface area contributed by atoms with E-state index >= 15 is 0 Å². The molecule has 3 rings (SSSR count). The summed E-state index contributed by atoms with van der Waals surface area (Å²) in [4.78, 5) is 50.9. The number of fused-ring (bicyclic) bond motifs is 1. The number of primary amides is 1. The van der Waals surface area contributed by atoms with Crippen molar-refractivity contribution in [2.45, 2.75) is 46.2 Å².